The lowest BCUT2D eigenvalue weighted by molar-refractivity contribution is 0.184. The van der Waals surface area contributed by atoms with Crippen LogP contribution in [-0.2, 0) is 0 Å². The summed E-state index contributed by atoms with van der Waals surface area (Å²) in [6, 6.07) is 0.791. The predicted octanol–water partition coefficient (Wildman–Crippen LogP) is 1.53. The molecule has 12 heavy (non-hydrogen) atoms. The van der Waals surface area contributed by atoms with Gasteiger partial charge in [-0.3, -0.25) is 0 Å². The molecule has 1 heterocycles. The van der Waals surface area contributed by atoms with E-state index in [1.54, 1.807) is 0 Å². The number of halogens is 2. The van der Waals surface area contributed by atoms with E-state index in [-0.39, 0.29) is 24.8 Å². The fourth-order valence-corrected chi connectivity index (χ4v) is 1.64. The van der Waals surface area contributed by atoms with E-state index in [4.69, 9.17) is 0 Å². The first-order valence-electron chi connectivity index (χ1n) is 4.19. The minimum atomic E-state index is 0. The molecule has 0 aromatic carbocycles. The van der Waals surface area contributed by atoms with Crippen LogP contribution >= 0.6 is 24.8 Å². The lowest BCUT2D eigenvalue weighted by Crippen LogP contribution is -2.42. The number of likely N-dealkylation sites (N-methyl/N-ethyl adjacent to an activating group) is 2. The zero-order valence-electron chi connectivity index (χ0n) is 7.88. The van der Waals surface area contributed by atoms with Crippen LogP contribution in [0.3, 0.4) is 0 Å². The van der Waals surface area contributed by atoms with E-state index >= 15 is 0 Å². The number of hydrogen-bond donors (Lipinski definition) is 1. The highest BCUT2D eigenvalue weighted by molar-refractivity contribution is 5.85. The van der Waals surface area contributed by atoms with Crippen LogP contribution in [0.2, 0.25) is 0 Å². The summed E-state index contributed by atoms with van der Waals surface area (Å²) >= 11 is 0. The highest BCUT2D eigenvalue weighted by Crippen LogP contribution is 2.13. The quantitative estimate of drug-likeness (QED) is 0.751. The minimum absolute atomic E-state index is 0. The molecule has 0 amide bonds. The summed E-state index contributed by atoms with van der Waals surface area (Å²) in [6.07, 6.45) is 4.17. The third-order valence-corrected chi connectivity index (χ3v) is 2.36. The van der Waals surface area contributed by atoms with E-state index in [0.717, 1.165) is 12.6 Å². The number of hydrogen-bond acceptors (Lipinski definition) is 2. The second-order valence-electron chi connectivity index (χ2n) is 3.19. The SMILES string of the molecule is CNC[C@H]1CCCCN1C.Cl.Cl. The van der Waals surface area contributed by atoms with Crippen LogP contribution in [0.5, 0.6) is 0 Å². The highest BCUT2D eigenvalue weighted by Gasteiger charge is 2.16. The van der Waals surface area contributed by atoms with Crippen molar-refractivity contribution in [1.82, 2.24) is 10.2 Å². The van der Waals surface area contributed by atoms with Crippen molar-refractivity contribution in [3.05, 3.63) is 0 Å². The van der Waals surface area contributed by atoms with Crippen molar-refractivity contribution in [2.24, 2.45) is 0 Å². The molecular weight excluding hydrogens is 195 g/mol. The molecule has 0 aromatic rings. The molecule has 1 N–H and O–H groups in total. The second-order valence-corrected chi connectivity index (χ2v) is 3.19. The van der Waals surface area contributed by atoms with Crippen LogP contribution in [-0.4, -0.2) is 38.1 Å². The van der Waals surface area contributed by atoms with E-state index in [1.807, 2.05) is 7.05 Å². The molecule has 0 aliphatic carbocycles. The van der Waals surface area contributed by atoms with Gasteiger partial charge in [-0.1, -0.05) is 6.42 Å². The summed E-state index contributed by atoms with van der Waals surface area (Å²) in [5, 5.41) is 3.23. The average molecular weight is 215 g/mol. The van der Waals surface area contributed by atoms with E-state index in [0.29, 0.717) is 0 Å². The molecule has 0 unspecified atom stereocenters. The van der Waals surface area contributed by atoms with Crippen molar-refractivity contribution < 1.29 is 0 Å². The Labute approximate surface area is 87.9 Å². The molecule has 1 aliphatic rings. The molecule has 0 saturated carbocycles. The summed E-state index contributed by atoms with van der Waals surface area (Å²) in [6.45, 7) is 2.43. The van der Waals surface area contributed by atoms with Gasteiger partial charge in [-0.25, -0.2) is 0 Å². The molecule has 1 atom stereocenters. The molecule has 1 rings (SSSR count). The number of piperidine rings is 1. The highest BCUT2D eigenvalue weighted by atomic mass is 35.5. The van der Waals surface area contributed by atoms with Crippen molar-refractivity contribution in [2.75, 3.05) is 27.2 Å². The van der Waals surface area contributed by atoms with E-state index < -0.39 is 0 Å². The zero-order valence-corrected chi connectivity index (χ0v) is 9.51. The topological polar surface area (TPSA) is 15.3 Å². The number of nitrogens with zero attached hydrogens (tertiary/aromatic N) is 1. The van der Waals surface area contributed by atoms with Gasteiger partial charge in [0.1, 0.15) is 0 Å². The van der Waals surface area contributed by atoms with Gasteiger partial charge in [0.05, 0.1) is 0 Å². The maximum atomic E-state index is 3.23. The molecule has 1 saturated heterocycles. The first-order valence-corrected chi connectivity index (χ1v) is 4.19. The Morgan fingerprint density at radius 3 is 2.50 bits per heavy atom. The van der Waals surface area contributed by atoms with Crippen molar-refractivity contribution in [3.63, 3.8) is 0 Å². The van der Waals surface area contributed by atoms with Crippen LogP contribution < -0.4 is 5.32 Å². The van der Waals surface area contributed by atoms with Gasteiger partial charge in [-0.15, -0.1) is 24.8 Å². The Kier molecular flexibility index (Phi) is 10.1. The van der Waals surface area contributed by atoms with Gasteiger partial charge in [0, 0.05) is 12.6 Å². The molecule has 76 valence electrons. The molecule has 0 spiro atoms. The summed E-state index contributed by atoms with van der Waals surface area (Å²) in [7, 11) is 4.25. The number of rotatable bonds is 2. The van der Waals surface area contributed by atoms with Crippen molar-refractivity contribution >= 4 is 24.8 Å². The van der Waals surface area contributed by atoms with Crippen LogP contribution in [0.15, 0.2) is 0 Å². The van der Waals surface area contributed by atoms with Crippen LogP contribution in [0, 0.1) is 0 Å². The number of likely N-dealkylation sites (tertiary alicyclic amines) is 1. The molecule has 0 radical (unpaired) electrons. The molecule has 1 aliphatic heterocycles. The maximum Gasteiger partial charge on any atom is 0.0217 e. The molecule has 1 fully saturated rings. The Bertz CT molecular complexity index is 99.1. The Morgan fingerprint density at radius 1 is 1.33 bits per heavy atom. The van der Waals surface area contributed by atoms with Crippen LogP contribution in [0.4, 0.5) is 0 Å². The Balaban J connectivity index is 0. The number of nitrogens with one attached hydrogen (secondary N) is 1. The van der Waals surface area contributed by atoms with Gasteiger partial charge in [0.15, 0.2) is 0 Å². The Morgan fingerprint density at radius 2 is 2.00 bits per heavy atom. The zero-order chi connectivity index (χ0) is 7.40. The first kappa shape index (κ1) is 15.0. The molecule has 0 bridgehead atoms. The van der Waals surface area contributed by atoms with E-state index in [2.05, 4.69) is 17.3 Å². The van der Waals surface area contributed by atoms with E-state index in [9.17, 15) is 0 Å². The average Bonchev–Trinajstić information content (AvgIpc) is 1.94. The van der Waals surface area contributed by atoms with Gasteiger partial charge in [0.25, 0.3) is 0 Å². The van der Waals surface area contributed by atoms with Crippen molar-refractivity contribution in [1.29, 1.82) is 0 Å². The van der Waals surface area contributed by atoms with Gasteiger partial charge in [-0.2, -0.15) is 0 Å². The van der Waals surface area contributed by atoms with Crippen molar-refractivity contribution in [3.8, 4) is 0 Å². The molecular formula is C8H20Cl2N2. The minimum Gasteiger partial charge on any atom is -0.318 e. The van der Waals surface area contributed by atoms with Crippen LogP contribution in [0.25, 0.3) is 0 Å². The third kappa shape index (κ3) is 4.51. The fraction of sp³-hybridized carbons (Fsp3) is 1.00. The lowest BCUT2D eigenvalue weighted by atomic mass is 10.0. The smallest absolute Gasteiger partial charge is 0.0217 e. The van der Waals surface area contributed by atoms with Gasteiger partial charge in [-0.05, 0) is 33.5 Å². The van der Waals surface area contributed by atoms with Crippen LogP contribution in [0.1, 0.15) is 19.3 Å². The first-order chi connectivity index (χ1) is 4.84. The van der Waals surface area contributed by atoms with Gasteiger partial charge in [0.2, 0.25) is 0 Å². The van der Waals surface area contributed by atoms with Crippen molar-refractivity contribution in [2.45, 2.75) is 25.3 Å². The summed E-state index contributed by atoms with van der Waals surface area (Å²) < 4.78 is 0. The summed E-state index contributed by atoms with van der Waals surface area (Å²) in [5.41, 5.74) is 0. The summed E-state index contributed by atoms with van der Waals surface area (Å²) in [4.78, 5) is 2.46. The Hall–Kier alpha value is 0.500. The normalized spacial score (nSPS) is 24.0. The summed E-state index contributed by atoms with van der Waals surface area (Å²) in [5.74, 6) is 0. The largest absolute Gasteiger partial charge is 0.318 e. The lowest BCUT2D eigenvalue weighted by Gasteiger charge is -2.32. The molecule has 0 aromatic heterocycles. The van der Waals surface area contributed by atoms with Gasteiger partial charge < -0.3 is 10.2 Å². The fourth-order valence-electron chi connectivity index (χ4n) is 1.64. The molecule has 2 nitrogen and oxygen atoms in total. The second kappa shape index (κ2) is 8.11. The third-order valence-electron chi connectivity index (χ3n) is 2.36. The molecule has 4 heteroatoms. The van der Waals surface area contributed by atoms with Gasteiger partial charge >= 0.3 is 0 Å². The standard InChI is InChI=1S/C8H18N2.2ClH/c1-9-7-8-5-3-4-6-10(8)2;;/h8-9H,3-7H2,1-2H3;2*1H/t8-;;/m1../s1. The predicted molar refractivity (Wildman–Crippen MR) is 58.7 cm³/mol. The van der Waals surface area contributed by atoms with E-state index in [1.165, 1.54) is 25.8 Å². The maximum absolute atomic E-state index is 3.23. The monoisotopic (exact) mass is 214 g/mol.